The van der Waals surface area contributed by atoms with E-state index in [2.05, 4.69) is 14.9 Å². The number of halogens is 2. The first-order valence-electron chi connectivity index (χ1n) is 13.2. The topological polar surface area (TPSA) is 78.0 Å². The van der Waals surface area contributed by atoms with Crippen LogP contribution in [0, 0.1) is 24.5 Å². The molecule has 0 bridgehead atoms. The molecule has 0 aliphatic carbocycles. The number of aliphatic hydroxyl groups is 1. The van der Waals surface area contributed by atoms with Gasteiger partial charge in [-0.1, -0.05) is 17.3 Å². The summed E-state index contributed by atoms with van der Waals surface area (Å²) in [4.78, 5) is 4.83. The van der Waals surface area contributed by atoms with Crippen LogP contribution in [0.3, 0.4) is 0 Å². The Bertz CT molecular complexity index is 1660. The quantitative estimate of drug-likeness (QED) is 0.310. The summed E-state index contributed by atoms with van der Waals surface area (Å²) in [6.45, 7) is 6.32. The fourth-order valence-electron chi connectivity index (χ4n) is 6.00. The third-order valence-corrected chi connectivity index (χ3v) is 7.86. The minimum absolute atomic E-state index is 0.183. The van der Waals surface area contributed by atoms with Gasteiger partial charge in [0.25, 0.3) is 0 Å². The number of pyridine rings is 1. The Balaban J connectivity index is 1.71. The van der Waals surface area contributed by atoms with Crippen LogP contribution in [0.1, 0.15) is 49.6 Å². The van der Waals surface area contributed by atoms with Gasteiger partial charge in [-0.15, -0.1) is 5.10 Å². The molecule has 1 aliphatic rings. The van der Waals surface area contributed by atoms with Crippen molar-refractivity contribution < 1.29 is 18.6 Å². The van der Waals surface area contributed by atoms with E-state index in [1.165, 1.54) is 18.2 Å². The number of rotatable bonds is 5. The molecule has 6 rings (SSSR count). The van der Waals surface area contributed by atoms with Crippen LogP contribution in [0.5, 0.6) is 0 Å². The van der Waals surface area contributed by atoms with E-state index in [0.717, 1.165) is 46.4 Å². The van der Waals surface area contributed by atoms with Crippen molar-refractivity contribution in [1.29, 1.82) is 0 Å². The summed E-state index contributed by atoms with van der Waals surface area (Å²) < 4.78 is 39.0. The zero-order valence-corrected chi connectivity index (χ0v) is 22.4. The molecule has 202 valence electrons. The maximum Gasteiger partial charge on any atom is 0.130 e. The largest absolute Gasteiger partial charge is 0.386 e. The standard InChI is InChI=1S/C30H31F2N5O2/c1-17-28(36(4)35-34-17)20-13-26-27(33-16-20)22-14-24(32)23(30(2,3)38)15-25(22)37(26)29(19-9-11-39-12-10-19)18-5-7-21(31)8-6-18/h5-8,13-16,19,29,38H,9-12H2,1-4H3/t29-/m0/s1. The predicted octanol–water partition coefficient (Wildman–Crippen LogP) is 5.82. The third-order valence-electron chi connectivity index (χ3n) is 7.86. The molecule has 39 heavy (non-hydrogen) atoms. The highest BCUT2D eigenvalue weighted by atomic mass is 19.1. The molecule has 1 fully saturated rings. The van der Waals surface area contributed by atoms with Crippen molar-refractivity contribution >= 4 is 21.9 Å². The van der Waals surface area contributed by atoms with E-state index in [1.807, 2.05) is 32.2 Å². The molecular weight excluding hydrogens is 500 g/mol. The van der Waals surface area contributed by atoms with Gasteiger partial charge < -0.3 is 14.4 Å². The highest BCUT2D eigenvalue weighted by molar-refractivity contribution is 6.07. The average Bonchev–Trinajstić information content (AvgIpc) is 3.40. The second-order valence-corrected chi connectivity index (χ2v) is 11.0. The van der Waals surface area contributed by atoms with Gasteiger partial charge in [0.15, 0.2) is 0 Å². The molecule has 9 heteroatoms. The zero-order chi connectivity index (χ0) is 27.5. The molecule has 1 saturated heterocycles. The van der Waals surface area contributed by atoms with Crippen LogP contribution in [0.2, 0.25) is 0 Å². The van der Waals surface area contributed by atoms with Gasteiger partial charge >= 0.3 is 0 Å². The van der Waals surface area contributed by atoms with Crippen molar-refractivity contribution in [3.63, 3.8) is 0 Å². The summed E-state index contributed by atoms with van der Waals surface area (Å²) >= 11 is 0. The molecule has 1 aliphatic heterocycles. The van der Waals surface area contributed by atoms with Crippen molar-refractivity contribution in [2.24, 2.45) is 13.0 Å². The Morgan fingerprint density at radius 1 is 1.05 bits per heavy atom. The molecule has 0 radical (unpaired) electrons. The van der Waals surface area contributed by atoms with Crippen molar-refractivity contribution in [1.82, 2.24) is 24.5 Å². The van der Waals surface area contributed by atoms with Crippen molar-refractivity contribution in [2.75, 3.05) is 13.2 Å². The minimum atomic E-state index is -1.39. The Kier molecular flexibility index (Phi) is 6.23. The van der Waals surface area contributed by atoms with E-state index in [0.29, 0.717) is 24.1 Å². The lowest BCUT2D eigenvalue weighted by atomic mass is 9.86. The number of nitrogens with zero attached hydrogens (tertiary/aromatic N) is 5. The van der Waals surface area contributed by atoms with Gasteiger partial charge in [0.2, 0.25) is 0 Å². The molecular formula is C30H31F2N5O2. The van der Waals surface area contributed by atoms with Crippen LogP contribution in [0.25, 0.3) is 33.2 Å². The van der Waals surface area contributed by atoms with Crippen molar-refractivity contribution in [2.45, 2.75) is 45.3 Å². The number of aromatic nitrogens is 5. The normalized spacial score (nSPS) is 15.9. The van der Waals surface area contributed by atoms with Crippen LogP contribution in [-0.2, 0) is 17.4 Å². The zero-order valence-electron chi connectivity index (χ0n) is 22.4. The number of benzene rings is 2. The molecule has 1 N–H and O–H groups in total. The highest BCUT2D eigenvalue weighted by Gasteiger charge is 2.32. The van der Waals surface area contributed by atoms with Gasteiger partial charge in [0.1, 0.15) is 11.6 Å². The lowest BCUT2D eigenvalue weighted by Crippen LogP contribution is -2.27. The fraction of sp³-hybridized carbons (Fsp3) is 0.367. The summed E-state index contributed by atoms with van der Waals surface area (Å²) in [6, 6.07) is 11.6. The first kappa shape index (κ1) is 25.6. The SMILES string of the molecule is Cc1nnn(C)c1-c1cnc2c3cc(F)c(C(C)(C)O)cc3n([C@@H](c3ccc(F)cc3)C3CCOCC3)c2c1. The molecule has 7 nitrogen and oxygen atoms in total. The van der Waals surface area contributed by atoms with E-state index in [-0.39, 0.29) is 23.3 Å². The van der Waals surface area contributed by atoms with Gasteiger partial charge in [-0.2, -0.15) is 0 Å². The van der Waals surface area contributed by atoms with E-state index >= 15 is 4.39 Å². The Hall–Kier alpha value is -3.69. The number of hydrogen-bond donors (Lipinski definition) is 1. The summed E-state index contributed by atoms with van der Waals surface area (Å²) in [5, 5.41) is 19.8. The van der Waals surface area contributed by atoms with E-state index in [9.17, 15) is 9.50 Å². The Labute approximate surface area is 225 Å². The van der Waals surface area contributed by atoms with Crippen molar-refractivity contribution in [3.05, 3.63) is 77.1 Å². The lowest BCUT2D eigenvalue weighted by Gasteiger charge is -2.33. The van der Waals surface area contributed by atoms with Gasteiger partial charge in [0, 0.05) is 43.0 Å². The molecule has 2 aromatic carbocycles. The number of fused-ring (bicyclic) bond motifs is 3. The van der Waals surface area contributed by atoms with Crippen LogP contribution < -0.4 is 0 Å². The monoisotopic (exact) mass is 531 g/mol. The van der Waals surface area contributed by atoms with E-state index in [4.69, 9.17) is 9.72 Å². The average molecular weight is 532 g/mol. The lowest BCUT2D eigenvalue weighted by molar-refractivity contribution is 0.0552. The molecule has 0 saturated carbocycles. The highest BCUT2D eigenvalue weighted by Crippen LogP contribution is 2.42. The van der Waals surface area contributed by atoms with Gasteiger partial charge in [-0.25, -0.2) is 13.5 Å². The summed E-state index contributed by atoms with van der Waals surface area (Å²) in [6.07, 6.45) is 3.40. The number of hydrogen-bond acceptors (Lipinski definition) is 5. The summed E-state index contributed by atoms with van der Waals surface area (Å²) in [7, 11) is 1.84. The molecule has 0 unspecified atom stereocenters. The maximum atomic E-state index is 15.4. The smallest absolute Gasteiger partial charge is 0.130 e. The maximum absolute atomic E-state index is 15.4. The minimum Gasteiger partial charge on any atom is -0.386 e. The Morgan fingerprint density at radius 2 is 1.77 bits per heavy atom. The van der Waals surface area contributed by atoms with Gasteiger partial charge in [0.05, 0.1) is 39.6 Å². The van der Waals surface area contributed by atoms with E-state index in [1.54, 1.807) is 30.8 Å². The number of aryl methyl sites for hydroxylation is 2. The molecule has 4 heterocycles. The second kappa shape index (κ2) is 9.50. The predicted molar refractivity (Wildman–Crippen MR) is 145 cm³/mol. The van der Waals surface area contributed by atoms with Crippen LogP contribution in [0.4, 0.5) is 8.78 Å². The second-order valence-electron chi connectivity index (χ2n) is 11.0. The van der Waals surface area contributed by atoms with Crippen molar-refractivity contribution in [3.8, 4) is 11.3 Å². The van der Waals surface area contributed by atoms with Gasteiger partial charge in [-0.05, 0) is 75.4 Å². The molecule has 3 aromatic heterocycles. The first-order valence-corrected chi connectivity index (χ1v) is 13.2. The fourth-order valence-corrected chi connectivity index (χ4v) is 6.00. The Morgan fingerprint density at radius 3 is 2.41 bits per heavy atom. The van der Waals surface area contributed by atoms with E-state index < -0.39 is 11.4 Å². The summed E-state index contributed by atoms with van der Waals surface area (Å²) in [5.41, 5.74) is 4.44. The summed E-state index contributed by atoms with van der Waals surface area (Å²) in [5.74, 6) is -0.611. The van der Waals surface area contributed by atoms with Gasteiger partial charge in [-0.3, -0.25) is 4.98 Å². The molecule has 5 aromatic rings. The van der Waals surface area contributed by atoms with Crippen LogP contribution in [-0.4, -0.2) is 42.9 Å². The molecule has 1 atom stereocenters. The van der Waals surface area contributed by atoms with Crippen LogP contribution in [0.15, 0.2) is 48.7 Å². The third kappa shape index (κ3) is 4.39. The molecule has 0 amide bonds. The number of ether oxygens (including phenoxy) is 1. The molecule has 0 spiro atoms. The first-order chi connectivity index (χ1) is 18.6. The van der Waals surface area contributed by atoms with Crippen LogP contribution >= 0.6 is 0 Å².